The summed E-state index contributed by atoms with van der Waals surface area (Å²) in [6.07, 6.45) is 3.03. The number of H-pyrrole nitrogens is 1. The van der Waals surface area contributed by atoms with Crippen molar-refractivity contribution in [2.75, 3.05) is 11.1 Å². The maximum Gasteiger partial charge on any atom is 0.274 e. The van der Waals surface area contributed by atoms with Crippen LogP contribution in [0.4, 0.5) is 16.0 Å². The predicted molar refractivity (Wildman–Crippen MR) is 145 cm³/mol. The number of carbonyl (C=O) groups is 1. The standard InChI is InChI=1S/C28H24FN9O/c1-15-3-6-19(10-23(15)29)16(2)35-28(39)24-27(34-14-21(11-30)36-24)32-12-17-4-7-18(8-5-17)20-9-22-25(31)37-38-26(22)33-13-20/h3-10,13-14,16H,12H2,1-2H3,(H,32,34)(H,35,39)(H3,31,33,37,38)/t16-/m0/s1. The molecule has 0 saturated carbocycles. The zero-order chi connectivity index (χ0) is 27.5. The Morgan fingerprint density at radius 3 is 2.67 bits per heavy atom. The number of amides is 1. The molecular formula is C28H24FN9O. The van der Waals surface area contributed by atoms with Crippen LogP contribution in [0.1, 0.15) is 45.8 Å². The molecular weight excluding hydrogens is 497 g/mol. The number of nitrogens with two attached hydrogens (primary N) is 1. The van der Waals surface area contributed by atoms with E-state index in [1.807, 2.05) is 36.4 Å². The molecule has 0 aliphatic heterocycles. The first-order valence-corrected chi connectivity index (χ1v) is 12.1. The van der Waals surface area contributed by atoms with Crippen molar-refractivity contribution >= 4 is 28.6 Å². The van der Waals surface area contributed by atoms with Crippen LogP contribution in [0.25, 0.3) is 22.2 Å². The van der Waals surface area contributed by atoms with Gasteiger partial charge in [-0.05, 0) is 48.2 Å². The SMILES string of the molecule is Cc1ccc([C@H](C)NC(=O)c2nc(C#N)cnc2NCc2ccc(-c3cnc4n[nH]c(N)c4c3)cc2)cc1F. The first-order chi connectivity index (χ1) is 18.8. The third-order valence-corrected chi connectivity index (χ3v) is 6.33. The van der Waals surface area contributed by atoms with Gasteiger partial charge >= 0.3 is 0 Å². The molecule has 3 aromatic heterocycles. The van der Waals surface area contributed by atoms with E-state index in [0.717, 1.165) is 22.1 Å². The van der Waals surface area contributed by atoms with Gasteiger partial charge in [-0.2, -0.15) is 10.4 Å². The van der Waals surface area contributed by atoms with Crippen LogP contribution >= 0.6 is 0 Å². The van der Waals surface area contributed by atoms with Crippen molar-refractivity contribution in [3.05, 3.63) is 94.8 Å². The van der Waals surface area contributed by atoms with Gasteiger partial charge in [0.1, 0.15) is 17.7 Å². The van der Waals surface area contributed by atoms with E-state index in [4.69, 9.17) is 5.73 Å². The second-order valence-electron chi connectivity index (χ2n) is 9.05. The number of carbonyl (C=O) groups excluding carboxylic acids is 1. The van der Waals surface area contributed by atoms with E-state index in [-0.39, 0.29) is 23.0 Å². The van der Waals surface area contributed by atoms with Crippen molar-refractivity contribution in [3.63, 3.8) is 0 Å². The van der Waals surface area contributed by atoms with Crippen molar-refractivity contribution in [2.24, 2.45) is 0 Å². The molecule has 1 atom stereocenters. The molecule has 0 aliphatic carbocycles. The molecule has 10 nitrogen and oxygen atoms in total. The summed E-state index contributed by atoms with van der Waals surface area (Å²) in [7, 11) is 0. The number of nitriles is 1. The number of nitrogens with one attached hydrogen (secondary N) is 3. The highest BCUT2D eigenvalue weighted by Crippen LogP contribution is 2.25. The zero-order valence-corrected chi connectivity index (χ0v) is 21.2. The number of hydrogen-bond donors (Lipinski definition) is 4. The Kier molecular flexibility index (Phi) is 6.84. The predicted octanol–water partition coefficient (Wildman–Crippen LogP) is 4.42. The average Bonchev–Trinajstić information content (AvgIpc) is 3.33. The molecule has 0 saturated heterocycles. The number of halogens is 1. The number of aromatic amines is 1. The Labute approximate surface area is 223 Å². The van der Waals surface area contributed by atoms with Crippen molar-refractivity contribution in [1.82, 2.24) is 30.5 Å². The number of rotatable bonds is 7. The van der Waals surface area contributed by atoms with Gasteiger partial charge in [0.2, 0.25) is 0 Å². The number of anilines is 2. The fraction of sp³-hybridized carbons (Fsp3) is 0.143. The summed E-state index contributed by atoms with van der Waals surface area (Å²) in [6.45, 7) is 3.77. The summed E-state index contributed by atoms with van der Waals surface area (Å²) in [5.74, 6) is -0.199. The number of hydrogen-bond acceptors (Lipinski definition) is 8. The molecule has 194 valence electrons. The zero-order valence-electron chi connectivity index (χ0n) is 21.2. The van der Waals surface area contributed by atoms with Gasteiger partial charge in [0, 0.05) is 18.3 Å². The minimum absolute atomic E-state index is 0.00734. The van der Waals surface area contributed by atoms with Crippen LogP contribution in [0.2, 0.25) is 0 Å². The number of pyridine rings is 1. The van der Waals surface area contributed by atoms with E-state index in [1.165, 1.54) is 12.3 Å². The molecule has 11 heteroatoms. The highest BCUT2D eigenvalue weighted by molar-refractivity contribution is 5.97. The molecule has 0 unspecified atom stereocenters. The monoisotopic (exact) mass is 521 g/mol. The molecule has 1 amide bonds. The summed E-state index contributed by atoms with van der Waals surface area (Å²) in [4.78, 5) is 25.8. The number of nitrogen functional groups attached to an aromatic ring is 1. The summed E-state index contributed by atoms with van der Waals surface area (Å²) in [5, 5.41) is 22.7. The van der Waals surface area contributed by atoms with Crippen LogP contribution in [0.3, 0.4) is 0 Å². The van der Waals surface area contributed by atoms with Crippen LogP contribution in [-0.2, 0) is 6.54 Å². The molecule has 39 heavy (non-hydrogen) atoms. The Morgan fingerprint density at radius 2 is 1.92 bits per heavy atom. The minimum Gasteiger partial charge on any atom is -0.384 e. The Morgan fingerprint density at radius 1 is 1.13 bits per heavy atom. The van der Waals surface area contributed by atoms with Crippen LogP contribution in [0, 0.1) is 24.1 Å². The Bertz CT molecular complexity index is 1720. The maximum absolute atomic E-state index is 14.0. The van der Waals surface area contributed by atoms with Gasteiger partial charge in [0.05, 0.1) is 17.6 Å². The molecule has 0 fully saturated rings. The van der Waals surface area contributed by atoms with E-state index < -0.39 is 11.9 Å². The minimum atomic E-state index is -0.535. The molecule has 5 N–H and O–H groups in total. The first-order valence-electron chi connectivity index (χ1n) is 12.1. The largest absolute Gasteiger partial charge is 0.384 e. The first kappa shape index (κ1) is 25.3. The number of benzene rings is 2. The molecule has 0 radical (unpaired) electrons. The number of fused-ring (bicyclic) bond motifs is 1. The molecule has 3 heterocycles. The number of aryl methyl sites for hydroxylation is 1. The smallest absolute Gasteiger partial charge is 0.274 e. The quantitative estimate of drug-likeness (QED) is 0.245. The highest BCUT2D eigenvalue weighted by Gasteiger charge is 2.19. The van der Waals surface area contributed by atoms with Crippen LogP contribution in [0.5, 0.6) is 0 Å². The lowest BCUT2D eigenvalue weighted by atomic mass is 10.0. The van der Waals surface area contributed by atoms with Gasteiger partial charge < -0.3 is 16.4 Å². The lowest BCUT2D eigenvalue weighted by Crippen LogP contribution is -2.29. The van der Waals surface area contributed by atoms with Crippen LogP contribution in [0.15, 0.2) is 60.9 Å². The van der Waals surface area contributed by atoms with Crippen molar-refractivity contribution in [1.29, 1.82) is 5.26 Å². The topological polar surface area (TPSA) is 158 Å². The summed E-state index contributed by atoms with van der Waals surface area (Å²) in [5.41, 5.74) is 10.4. The molecule has 0 bridgehead atoms. The van der Waals surface area contributed by atoms with Gasteiger partial charge in [-0.3, -0.25) is 9.89 Å². The van der Waals surface area contributed by atoms with Gasteiger partial charge in [-0.1, -0.05) is 36.4 Å². The second-order valence-corrected chi connectivity index (χ2v) is 9.05. The number of aromatic nitrogens is 5. The van der Waals surface area contributed by atoms with E-state index in [0.29, 0.717) is 29.1 Å². The van der Waals surface area contributed by atoms with E-state index >= 15 is 0 Å². The number of nitrogens with zero attached hydrogens (tertiary/aromatic N) is 5. The van der Waals surface area contributed by atoms with Crippen molar-refractivity contribution in [3.8, 4) is 17.2 Å². The van der Waals surface area contributed by atoms with Gasteiger partial charge in [0.25, 0.3) is 5.91 Å². The fourth-order valence-corrected chi connectivity index (χ4v) is 4.03. The molecule has 5 rings (SSSR count). The fourth-order valence-electron chi connectivity index (χ4n) is 4.03. The maximum atomic E-state index is 14.0. The highest BCUT2D eigenvalue weighted by atomic mass is 19.1. The van der Waals surface area contributed by atoms with Crippen molar-refractivity contribution < 1.29 is 9.18 Å². The lowest BCUT2D eigenvalue weighted by Gasteiger charge is -2.16. The lowest BCUT2D eigenvalue weighted by molar-refractivity contribution is 0.0935. The van der Waals surface area contributed by atoms with E-state index in [1.54, 1.807) is 32.2 Å². The molecule has 0 spiro atoms. The molecule has 0 aliphatic rings. The normalized spacial score (nSPS) is 11.6. The average molecular weight is 522 g/mol. The van der Waals surface area contributed by atoms with Crippen LogP contribution in [-0.4, -0.2) is 31.1 Å². The summed E-state index contributed by atoms with van der Waals surface area (Å²) in [6, 6.07) is 15.9. The summed E-state index contributed by atoms with van der Waals surface area (Å²) >= 11 is 0. The third-order valence-electron chi connectivity index (χ3n) is 6.33. The second kappa shape index (κ2) is 10.5. The van der Waals surface area contributed by atoms with Gasteiger partial charge in [-0.25, -0.2) is 19.3 Å². The Balaban J connectivity index is 1.31. The van der Waals surface area contributed by atoms with E-state index in [9.17, 15) is 14.4 Å². The Hall–Kier alpha value is -5.37. The molecule has 5 aromatic rings. The van der Waals surface area contributed by atoms with Crippen LogP contribution < -0.4 is 16.4 Å². The van der Waals surface area contributed by atoms with Gasteiger partial charge in [-0.15, -0.1) is 0 Å². The summed E-state index contributed by atoms with van der Waals surface area (Å²) < 4.78 is 14.0. The molecule has 2 aromatic carbocycles. The van der Waals surface area contributed by atoms with Crippen molar-refractivity contribution in [2.45, 2.75) is 26.4 Å². The van der Waals surface area contributed by atoms with Gasteiger partial charge in [0.15, 0.2) is 22.9 Å². The van der Waals surface area contributed by atoms with E-state index in [2.05, 4.69) is 35.8 Å². The third kappa shape index (κ3) is 5.35.